The number of rotatable bonds is 2. The maximum absolute atomic E-state index is 13.3. The van der Waals surface area contributed by atoms with Gasteiger partial charge in [0.05, 0.1) is 0 Å². The van der Waals surface area contributed by atoms with E-state index in [0.29, 0.717) is 5.92 Å². The topological polar surface area (TPSA) is 17.1 Å². The molecule has 1 heteroatoms. The minimum atomic E-state index is 0.189. The first-order valence-corrected chi connectivity index (χ1v) is 10.6. The summed E-state index contributed by atoms with van der Waals surface area (Å²) in [6.07, 6.45) is 5.85. The van der Waals surface area contributed by atoms with Crippen molar-refractivity contribution in [3.8, 4) is 0 Å². The zero-order chi connectivity index (χ0) is 20.5. The van der Waals surface area contributed by atoms with Crippen LogP contribution in [-0.2, 0) is 4.79 Å². The zero-order valence-corrected chi connectivity index (χ0v) is 17.1. The molecule has 1 aliphatic rings. The highest BCUT2D eigenvalue weighted by Gasteiger charge is 2.25. The molecule has 0 spiro atoms. The van der Waals surface area contributed by atoms with Crippen LogP contribution in [0.5, 0.6) is 0 Å². The van der Waals surface area contributed by atoms with Crippen LogP contribution in [0.4, 0.5) is 0 Å². The lowest BCUT2D eigenvalue weighted by molar-refractivity contribution is -0.113. The van der Waals surface area contributed by atoms with Gasteiger partial charge < -0.3 is 0 Å². The van der Waals surface area contributed by atoms with Crippen LogP contribution in [0.25, 0.3) is 33.7 Å². The van der Waals surface area contributed by atoms with Gasteiger partial charge in [0.2, 0.25) is 0 Å². The van der Waals surface area contributed by atoms with Gasteiger partial charge in [0.15, 0.2) is 5.78 Å². The van der Waals surface area contributed by atoms with E-state index in [0.717, 1.165) is 35.1 Å². The largest absolute Gasteiger partial charge is 0.289 e. The van der Waals surface area contributed by atoms with Gasteiger partial charge in [-0.25, -0.2) is 0 Å². The Labute approximate surface area is 177 Å². The summed E-state index contributed by atoms with van der Waals surface area (Å²) in [7, 11) is 0. The van der Waals surface area contributed by atoms with Crippen LogP contribution in [0, 0.1) is 5.92 Å². The summed E-state index contributed by atoms with van der Waals surface area (Å²) in [5.41, 5.74) is 4.04. The highest BCUT2D eigenvalue weighted by atomic mass is 16.1. The molecule has 1 fully saturated rings. The summed E-state index contributed by atoms with van der Waals surface area (Å²) in [5, 5.41) is 4.82. The second kappa shape index (κ2) is 7.76. The molecule has 0 saturated heterocycles. The van der Waals surface area contributed by atoms with E-state index in [1.165, 1.54) is 21.5 Å². The highest BCUT2D eigenvalue weighted by molar-refractivity contribution is 6.14. The number of ketones is 1. The SMILES string of the molecule is CC1CC(=Cc2ccc3ccccc3c2)C(=O)C(=Cc2cccc3ccccc23)C1. The standard InChI is InChI=1S/C29H24O/c1-20-15-26(18-21-13-14-22-7-2-3-9-24(22)17-21)29(30)27(16-20)19-25-11-6-10-23-8-4-5-12-28(23)25/h2-14,17-20H,15-16H2,1H3. The Morgan fingerprint density at radius 2 is 1.37 bits per heavy atom. The van der Waals surface area contributed by atoms with Gasteiger partial charge in [-0.2, -0.15) is 0 Å². The molecular weight excluding hydrogens is 364 g/mol. The molecule has 146 valence electrons. The van der Waals surface area contributed by atoms with Gasteiger partial charge >= 0.3 is 0 Å². The van der Waals surface area contributed by atoms with E-state index >= 15 is 0 Å². The first kappa shape index (κ1) is 18.6. The summed E-state index contributed by atoms with van der Waals surface area (Å²) in [6, 6.07) is 29.4. The third kappa shape index (κ3) is 3.59. The summed E-state index contributed by atoms with van der Waals surface area (Å²) in [4.78, 5) is 13.3. The van der Waals surface area contributed by atoms with Gasteiger partial charge in [0.1, 0.15) is 0 Å². The van der Waals surface area contributed by atoms with Gasteiger partial charge in [-0.05, 0) is 69.6 Å². The molecular formula is C29H24O. The predicted molar refractivity (Wildman–Crippen MR) is 127 cm³/mol. The van der Waals surface area contributed by atoms with E-state index in [1.807, 2.05) is 0 Å². The van der Waals surface area contributed by atoms with Gasteiger partial charge in [0, 0.05) is 11.1 Å². The lowest BCUT2D eigenvalue weighted by atomic mass is 9.80. The fourth-order valence-corrected chi connectivity index (χ4v) is 4.53. The molecule has 4 aromatic carbocycles. The maximum atomic E-state index is 13.3. The Hall–Kier alpha value is -3.45. The quantitative estimate of drug-likeness (QED) is 0.326. The van der Waals surface area contributed by atoms with Crippen molar-refractivity contribution in [2.75, 3.05) is 0 Å². The lowest BCUT2D eigenvalue weighted by Gasteiger charge is -2.23. The van der Waals surface area contributed by atoms with Crippen molar-refractivity contribution in [2.45, 2.75) is 19.8 Å². The molecule has 0 N–H and O–H groups in total. The summed E-state index contributed by atoms with van der Waals surface area (Å²) >= 11 is 0. The number of benzene rings is 4. The second-order valence-corrected chi connectivity index (χ2v) is 8.36. The minimum Gasteiger partial charge on any atom is -0.289 e. The number of hydrogen-bond donors (Lipinski definition) is 0. The van der Waals surface area contributed by atoms with E-state index in [-0.39, 0.29) is 5.78 Å². The molecule has 1 atom stereocenters. The predicted octanol–water partition coefficient (Wildman–Crippen LogP) is 7.46. The van der Waals surface area contributed by atoms with Crippen LogP contribution < -0.4 is 0 Å². The average Bonchev–Trinajstić information content (AvgIpc) is 2.77. The molecule has 1 saturated carbocycles. The molecule has 1 aliphatic carbocycles. The van der Waals surface area contributed by atoms with Crippen molar-refractivity contribution in [2.24, 2.45) is 5.92 Å². The van der Waals surface area contributed by atoms with E-state index in [9.17, 15) is 4.79 Å². The Balaban J connectivity index is 1.54. The third-order valence-electron chi connectivity index (χ3n) is 5.99. The van der Waals surface area contributed by atoms with Crippen LogP contribution in [0.1, 0.15) is 30.9 Å². The Morgan fingerprint density at radius 3 is 2.20 bits per heavy atom. The Bertz CT molecular complexity index is 1320. The second-order valence-electron chi connectivity index (χ2n) is 8.36. The molecule has 1 nitrogen and oxygen atoms in total. The number of carbonyl (C=O) groups is 1. The van der Waals surface area contributed by atoms with Crippen LogP contribution in [0.2, 0.25) is 0 Å². The van der Waals surface area contributed by atoms with Crippen molar-refractivity contribution in [1.29, 1.82) is 0 Å². The zero-order valence-electron chi connectivity index (χ0n) is 17.1. The maximum Gasteiger partial charge on any atom is 0.185 e. The molecule has 0 radical (unpaired) electrons. The first-order valence-electron chi connectivity index (χ1n) is 10.6. The first-order chi connectivity index (χ1) is 14.7. The van der Waals surface area contributed by atoms with Crippen molar-refractivity contribution >= 4 is 39.5 Å². The number of fused-ring (bicyclic) bond motifs is 2. The minimum absolute atomic E-state index is 0.189. The van der Waals surface area contributed by atoms with E-state index in [1.54, 1.807) is 0 Å². The number of hydrogen-bond acceptors (Lipinski definition) is 1. The van der Waals surface area contributed by atoms with Crippen molar-refractivity contribution < 1.29 is 4.79 Å². The summed E-state index contributed by atoms with van der Waals surface area (Å²) in [5.74, 6) is 0.643. The van der Waals surface area contributed by atoms with Crippen molar-refractivity contribution in [3.05, 3.63) is 107 Å². The molecule has 1 unspecified atom stereocenters. The molecule has 4 aromatic rings. The monoisotopic (exact) mass is 388 g/mol. The molecule has 0 aromatic heterocycles. The van der Waals surface area contributed by atoms with Gasteiger partial charge in [-0.15, -0.1) is 0 Å². The number of allylic oxidation sites excluding steroid dienone is 2. The normalized spacial score (nSPS) is 19.8. The lowest BCUT2D eigenvalue weighted by Crippen LogP contribution is -2.18. The Kier molecular flexibility index (Phi) is 4.80. The number of carbonyl (C=O) groups excluding carboxylic acids is 1. The van der Waals surface area contributed by atoms with Crippen molar-refractivity contribution in [3.63, 3.8) is 0 Å². The number of Topliss-reactive ketones (excluding diaryl/α,β-unsaturated/α-hetero) is 1. The molecule has 30 heavy (non-hydrogen) atoms. The van der Waals surface area contributed by atoms with E-state index in [2.05, 4.69) is 104 Å². The van der Waals surface area contributed by atoms with E-state index < -0.39 is 0 Å². The molecule has 0 amide bonds. The highest BCUT2D eigenvalue weighted by Crippen LogP contribution is 2.33. The van der Waals surface area contributed by atoms with Crippen LogP contribution >= 0.6 is 0 Å². The molecule has 0 aliphatic heterocycles. The fraction of sp³-hybridized carbons (Fsp3) is 0.138. The third-order valence-corrected chi connectivity index (χ3v) is 5.99. The van der Waals surface area contributed by atoms with Crippen LogP contribution in [0.3, 0.4) is 0 Å². The van der Waals surface area contributed by atoms with E-state index in [4.69, 9.17) is 0 Å². The van der Waals surface area contributed by atoms with Crippen LogP contribution in [-0.4, -0.2) is 5.78 Å². The van der Waals surface area contributed by atoms with Crippen molar-refractivity contribution in [1.82, 2.24) is 0 Å². The summed E-state index contributed by atoms with van der Waals surface area (Å²) < 4.78 is 0. The molecule has 5 rings (SSSR count). The average molecular weight is 389 g/mol. The smallest absolute Gasteiger partial charge is 0.185 e. The Morgan fingerprint density at radius 1 is 0.700 bits per heavy atom. The molecule has 0 bridgehead atoms. The molecule has 0 heterocycles. The summed E-state index contributed by atoms with van der Waals surface area (Å²) in [6.45, 7) is 2.23. The van der Waals surface area contributed by atoms with Crippen LogP contribution in [0.15, 0.2) is 96.1 Å². The van der Waals surface area contributed by atoms with Gasteiger partial charge in [-0.1, -0.05) is 85.8 Å². The van der Waals surface area contributed by atoms with Gasteiger partial charge in [0.25, 0.3) is 0 Å². The fourth-order valence-electron chi connectivity index (χ4n) is 4.53. The van der Waals surface area contributed by atoms with Gasteiger partial charge in [-0.3, -0.25) is 4.79 Å².